The molecule has 5 amide bonds. The highest BCUT2D eigenvalue weighted by atomic mass is 19.3. The highest BCUT2D eigenvalue weighted by Gasteiger charge is 2.41. The first-order chi connectivity index (χ1) is 60.3. The van der Waals surface area contributed by atoms with Gasteiger partial charge < -0.3 is 50.8 Å². The Kier molecular flexibility index (Phi) is 25.6. The number of piperidine rings is 1. The maximum Gasteiger partial charge on any atom is 0.265 e. The van der Waals surface area contributed by atoms with Crippen LogP contribution in [0.3, 0.4) is 0 Å². The zero-order valence-corrected chi connectivity index (χ0v) is 73.1. The van der Waals surface area contributed by atoms with Crippen molar-refractivity contribution in [1.82, 2.24) is 110 Å². The second-order valence-corrected chi connectivity index (χ2v) is 35.1. The fourth-order valence-corrected chi connectivity index (χ4v) is 16.4. The molecule has 3 aliphatic heterocycles. The maximum absolute atomic E-state index is 13.8. The van der Waals surface area contributed by atoms with Crippen molar-refractivity contribution in [2.75, 3.05) is 80.4 Å². The van der Waals surface area contributed by atoms with Crippen LogP contribution in [0.15, 0.2) is 110 Å². The number of rotatable bonds is 22. The number of hydrogen-bond acceptors (Lipinski definition) is 22. The Morgan fingerprint density at radius 1 is 0.448 bits per heavy atom. The zero-order valence-electron chi connectivity index (χ0n) is 73.1. The van der Waals surface area contributed by atoms with Gasteiger partial charge >= 0.3 is 0 Å². The molecule has 8 fully saturated rings. The van der Waals surface area contributed by atoms with Gasteiger partial charge in [0.2, 0.25) is 0 Å². The number of ether oxygens (including phenoxy) is 2. The van der Waals surface area contributed by atoms with E-state index in [4.69, 9.17) is 19.4 Å². The average molecular weight is 1710 g/mol. The molecule has 34 heteroatoms. The SMILES string of the molecule is CCc1cc(-c2ccccn2)n2ncc(C(=O)NC(C)C3CC3)c2n1.CCc1cc(-c2ccccn2)nc2c(C(=O)NC(C)C3CC3)cnn12.Cc1cc(N2CCCC(F)(F)C2)nc2c(C(=O)NC(C)C3CC3)cnn12.Cc1cc(N2CCOCC2)nc2c(C(=O)NC(C)(C)C3CC3)cnn12.Cc1cc(N2CCOCC2)nc2c(C(=O)NC(C)C3CC3)cnn12. The Morgan fingerprint density at radius 2 is 0.832 bits per heavy atom. The summed E-state index contributed by atoms with van der Waals surface area (Å²) in [7, 11) is 0. The molecule has 125 heavy (non-hydrogen) atoms. The van der Waals surface area contributed by atoms with Crippen LogP contribution in [0.25, 0.3) is 51.0 Å². The van der Waals surface area contributed by atoms with Gasteiger partial charge in [-0.3, -0.25) is 33.9 Å². The first kappa shape index (κ1) is 86.4. The van der Waals surface area contributed by atoms with Gasteiger partial charge in [-0.05, 0) is 212 Å². The number of morpholine rings is 2. The smallest absolute Gasteiger partial charge is 0.265 e. The number of alkyl halides is 2. The van der Waals surface area contributed by atoms with Crippen LogP contribution in [0.5, 0.6) is 0 Å². The highest BCUT2D eigenvalue weighted by Crippen LogP contribution is 2.41. The quantitative estimate of drug-likeness (QED) is 0.0421. The summed E-state index contributed by atoms with van der Waals surface area (Å²) >= 11 is 0. The molecule has 0 aromatic carbocycles. The van der Waals surface area contributed by atoms with Crippen LogP contribution in [0.2, 0.25) is 0 Å². The van der Waals surface area contributed by atoms with E-state index in [0.717, 1.165) is 115 Å². The molecule has 4 unspecified atom stereocenters. The zero-order chi connectivity index (χ0) is 87.5. The van der Waals surface area contributed by atoms with E-state index in [0.29, 0.717) is 131 Å². The molecule has 12 aromatic rings. The van der Waals surface area contributed by atoms with Crippen LogP contribution in [0.4, 0.5) is 26.2 Å². The number of amides is 5. The van der Waals surface area contributed by atoms with E-state index in [1.807, 2.05) is 95.3 Å². The fraction of sp³-hybridized carbons (Fsp3) is 0.505. The maximum atomic E-state index is 13.8. The summed E-state index contributed by atoms with van der Waals surface area (Å²) < 4.78 is 46.9. The Labute approximate surface area is 724 Å². The van der Waals surface area contributed by atoms with Gasteiger partial charge in [-0.1, -0.05) is 26.0 Å². The van der Waals surface area contributed by atoms with Crippen molar-refractivity contribution in [3.05, 3.63) is 166 Å². The lowest BCUT2D eigenvalue weighted by atomic mass is 9.98. The van der Waals surface area contributed by atoms with Crippen molar-refractivity contribution in [1.29, 1.82) is 0 Å². The van der Waals surface area contributed by atoms with Crippen LogP contribution in [-0.4, -0.2) is 214 Å². The van der Waals surface area contributed by atoms with Gasteiger partial charge in [-0.15, -0.1) is 0 Å². The van der Waals surface area contributed by atoms with E-state index in [1.54, 1.807) is 70.7 Å². The third-order valence-corrected chi connectivity index (χ3v) is 25.0. The second-order valence-electron chi connectivity index (χ2n) is 35.1. The minimum Gasteiger partial charge on any atom is -0.378 e. The molecule has 15 heterocycles. The lowest BCUT2D eigenvalue weighted by Gasteiger charge is -2.33. The third kappa shape index (κ3) is 20.2. The van der Waals surface area contributed by atoms with Gasteiger partial charge in [0.1, 0.15) is 45.3 Å². The number of halogens is 2. The van der Waals surface area contributed by atoms with E-state index in [2.05, 4.69) is 128 Å². The predicted molar refractivity (Wildman–Crippen MR) is 470 cm³/mol. The third-order valence-electron chi connectivity index (χ3n) is 25.0. The van der Waals surface area contributed by atoms with Crippen molar-refractivity contribution < 1.29 is 42.2 Å². The molecule has 3 saturated heterocycles. The second kappa shape index (κ2) is 37.0. The van der Waals surface area contributed by atoms with E-state index in [-0.39, 0.29) is 72.2 Å². The number of aryl methyl sites for hydroxylation is 5. The lowest BCUT2D eigenvalue weighted by Crippen LogP contribution is -2.45. The lowest BCUT2D eigenvalue weighted by molar-refractivity contribution is -0.0119. The monoisotopic (exact) mass is 1710 g/mol. The first-order valence-electron chi connectivity index (χ1n) is 44.3. The Morgan fingerprint density at radius 3 is 1.22 bits per heavy atom. The minimum atomic E-state index is -2.71. The normalized spacial score (nSPS) is 17.9. The van der Waals surface area contributed by atoms with Crippen molar-refractivity contribution in [2.24, 2.45) is 29.6 Å². The molecule has 32 nitrogen and oxygen atoms in total. The van der Waals surface area contributed by atoms with Gasteiger partial charge in [-0.2, -0.15) is 25.5 Å². The first-order valence-corrected chi connectivity index (χ1v) is 44.3. The molecule has 0 bridgehead atoms. The standard InChI is InChI=1S/2C19H21N5O.C18H23F2N5O.C18H25N5O2.C17H23N5O2/c1-3-14-10-17(16-6-4-5-9-20-16)23-18-15(11-21-24(14)18)19(25)22-12(2)13-7-8-13;1-3-14-10-17(16-6-4-5-9-20-16)24-18(23-14)15(11-21-24)19(25)22-12(2)13-7-8-13;1-11-8-15(24-7-3-6-18(19,20)10-24)23-16-14(9-21-25(11)16)17(26)22-12(2)13-4-5-13;1-12-10-15(22-6-8-25-9-7-22)20-16-14(11-19-23(12)16)17(24)21-18(2,3)13-4-5-13;1-11-9-15(21-5-7-24-8-6-21)20-16-14(10-18-22(11)16)17(23)19-12(2)13-3-4-13/h2*4-6,9-13H,3,7-8H2,1-2H3,(H,22,25);8-9,12-13H,3-7,10H2,1-2H3,(H,22,26);10-11,13H,4-9H2,1-3H3,(H,21,24);9-10,12-13H,3-8H2,1-2H3,(H,19,23). The van der Waals surface area contributed by atoms with Crippen LogP contribution in [0, 0.1) is 50.4 Å². The van der Waals surface area contributed by atoms with Gasteiger partial charge in [0, 0.05) is 128 Å². The number of pyridine rings is 2. The van der Waals surface area contributed by atoms with Crippen molar-refractivity contribution in [2.45, 2.75) is 202 Å². The number of aromatic nitrogens is 17. The number of nitrogens with one attached hydrogen (secondary N) is 5. The van der Waals surface area contributed by atoms with Gasteiger partial charge in [-0.25, -0.2) is 56.3 Å². The summed E-state index contributed by atoms with van der Waals surface area (Å²) in [5.74, 6) is 1.85. The van der Waals surface area contributed by atoms with Crippen LogP contribution in [0.1, 0.15) is 213 Å². The number of carbonyl (C=O) groups excluding carboxylic acids is 5. The summed E-state index contributed by atoms with van der Waals surface area (Å²) in [6.45, 7) is 28.6. The fourth-order valence-electron chi connectivity index (χ4n) is 16.4. The molecule has 5 saturated carbocycles. The highest BCUT2D eigenvalue weighted by molar-refractivity contribution is 6.03. The predicted octanol–water partition coefficient (Wildman–Crippen LogP) is 11.8. The van der Waals surface area contributed by atoms with Gasteiger partial charge in [0.15, 0.2) is 28.2 Å². The molecule has 8 aliphatic rings. The summed E-state index contributed by atoms with van der Waals surface area (Å²) in [6.07, 6.45) is 25.2. The Bertz CT molecular complexity index is 5860. The molecule has 0 spiro atoms. The summed E-state index contributed by atoms with van der Waals surface area (Å²) in [5.41, 5.74) is 12.9. The molecule has 12 aromatic heterocycles. The van der Waals surface area contributed by atoms with Crippen LogP contribution >= 0.6 is 0 Å². The molecular weight excluding hydrogens is 1590 g/mol. The van der Waals surface area contributed by atoms with Crippen LogP contribution in [-0.2, 0) is 22.3 Å². The number of anilines is 3. The largest absolute Gasteiger partial charge is 0.378 e. The van der Waals surface area contributed by atoms with Crippen molar-refractivity contribution in [3.8, 4) is 22.8 Å². The number of nitrogens with zero attached hydrogens (tertiary/aromatic N) is 20. The molecule has 658 valence electrons. The van der Waals surface area contributed by atoms with E-state index in [1.165, 1.54) is 57.6 Å². The average Bonchev–Trinajstić information content (AvgIpc) is 1.66. The molecule has 4 atom stereocenters. The van der Waals surface area contributed by atoms with Gasteiger partial charge in [0.05, 0.1) is 86.7 Å². The topological polar surface area (TPSA) is 350 Å². The number of hydrogen-bond donors (Lipinski definition) is 5. The Hall–Kier alpha value is -12.1. The summed E-state index contributed by atoms with van der Waals surface area (Å²) in [5, 5.41) is 37.2. The van der Waals surface area contributed by atoms with Crippen molar-refractivity contribution >= 4 is 75.2 Å². The van der Waals surface area contributed by atoms with E-state index in [9.17, 15) is 32.8 Å². The number of fused-ring (bicyclic) bond motifs is 5. The summed E-state index contributed by atoms with van der Waals surface area (Å²) in [6, 6.07) is 21.9. The molecular formula is C91H113F2N25O7. The molecule has 0 radical (unpaired) electrons. The van der Waals surface area contributed by atoms with Crippen LogP contribution < -0.4 is 41.3 Å². The van der Waals surface area contributed by atoms with E-state index >= 15 is 0 Å². The minimum absolute atomic E-state index is 0.0876. The van der Waals surface area contributed by atoms with Crippen molar-refractivity contribution in [3.63, 3.8) is 0 Å². The molecule has 20 rings (SSSR count). The number of carbonyl (C=O) groups is 5. The molecule has 5 N–H and O–H groups in total. The molecule has 5 aliphatic carbocycles. The summed E-state index contributed by atoms with van der Waals surface area (Å²) in [4.78, 5) is 102. The Balaban J connectivity index is 0.000000115. The van der Waals surface area contributed by atoms with Gasteiger partial charge in [0.25, 0.3) is 35.5 Å². The van der Waals surface area contributed by atoms with E-state index < -0.39 is 5.92 Å².